The lowest BCUT2D eigenvalue weighted by Gasteiger charge is -2.18. The number of hydrogen-bond donors (Lipinski definition) is 0. The molecule has 2 heterocycles. The molecule has 1 saturated heterocycles. The van der Waals surface area contributed by atoms with Gasteiger partial charge in [-0.25, -0.2) is 4.98 Å². The Hall–Kier alpha value is -1.85. The van der Waals surface area contributed by atoms with Gasteiger partial charge in [0.1, 0.15) is 10.9 Å². The lowest BCUT2D eigenvalue weighted by atomic mass is 9.89. The average molecular weight is 335 g/mol. The van der Waals surface area contributed by atoms with Crippen molar-refractivity contribution in [1.82, 2.24) is 9.88 Å². The summed E-state index contributed by atoms with van der Waals surface area (Å²) in [5.41, 5.74) is 1.67. The maximum Gasteiger partial charge on any atom is 0.310 e. The third-order valence-corrected chi connectivity index (χ3v) is 4.71. The number of ether oxygens (including phenoxy) is 2. The van der Waals surface area contributed by atoms with Gasteiger partial charge in [-0.05, 0) is 30.8 Å². The van der Waals surface area contributed by atoms with Crippen LogP contribution in [0, 0.1) is 5.92 Å². The predicted molar refractivity (Wildman–Crippen MR) is 89.0 cm³/mol. The van der Waals surface area contributed by atoms with E-state index >= 15 is 0 Å². The molecule has 1 fully saturated rings. The molecule has 2 aromatic rings. The Morgan fingerprint density at radius 1 is 1.30 bits per heavy atom. The molecule has 0 amide bonds. The second-order valence-electron chi connectivity index (χ2n) is 5.88. The molecule has 3 rings (SSSR count). The van der Waals surface area contributed by atoms with Crippen LogP contribution < -0.4 is 4.74 Å². The highest BCUT2D eigenvalue weighted by Crippen LogP contribution is 2.37. The van der Waals surface area contributed by atoms with Crippen molar-refractivity contribution in [1.29, 1.82) is 0 Å². The summed E-state index contributed by atoms with van der Waals surface area (Å²) in [7, 11) is 5.03. The minimum atomic E-state index is -0.222. The second-order valence-corrected chi connectivity index (χ2v) is 6.24. The van der Waals surface area contributed by atoms with E-state index in [-0.39, 0.29) is 17.8 Å². The van der Waals surface area contributed by atoms with Crippen molar-refractivity contribution in [2.75, 3.05) is 34.4 Å². The lowest BCUT2D eigenvalue weighted by molar-refractivity contribution is -0.145. The van der Waals surface area contributed by atoms with Crippen LogP contribution in [0.25, 0.3) is 10.9 Å². The number of carbonyl (C=O) groups is 1. The number of nitrogens with zero attached hydrogens (tertiary/aromatic N) is 2. The van der Waals surface area contributed by atoms with Crippen molar-refractivity contribution in [3.63, 3.8) is 0 Å². The van der Waals surface area contributed by atoms with Crippen LogP contribution in [0.3, 0.4) is 0 Å². The number of rotatable bonds is 3. The SMILES string of the molecule is COC(=O)[C@@H]1CN(C)C[C@H]1c1cc2ccc(OC)cc2nc1Cl. The topological polar surface area (TPSA) is 51.7 Å². The maximum absolute atomic E-state index is 12.1. The molecule has 0 spiro atoms. The van der Waals surface area contributed by atoms with Gasteiger partial charge in [0.05, 0.1) is 25.7 Å². The first-order valence-corrected chi connectivity index (χ1v) is 7.82. The Morgan fingerprint density at radius 2 is 2.09 bits per heavy atom. The zero-order chi connectivity index (χ0) is 16.6. The summed E-state index contributed by atoms with van der Waals surface area (Å²) in [6.07, 6.45) is 0. The predicted octanol–water partition coefficient (Wildman–Crippen LogP) is 2.72. The molecule has 0 N–H and O–H groups in total. The molecule has 23 heavy (non-hydrogen) atoms. The molecule has 0 radical (unpaired) electrons. The van der Waals surface area contributed by atoms with Crippen LogP contribution in [0.1, 0.15) is 11.5 Å². The monoisotopic (exact) mass is 334 g/mol. The summed E-state index contributed by atoms with van der Waals surface area (Å²) >= 11 is 6.42. The molecule has 1 aromatic carbocycles. The van der Waals surface area contributed by atoms with Crippen molar-refractivity contribution in [3.8, 4) is 5.75 Å². The fraction of sp³-hybridized carbons (Fsp3) is 0.412. The van der Waals surface area contributed by atoms with Crippen LogP contribution in [-0.2, 0) is 9.53 Å². The van der Waals surface area contributed by atoms with Gasteiger partial charge >= 0.3 is 5.97 Å². The van der Waals surface area contributed by atoms with Crippen LogP contribution in [0.4, 0.5) is 0 Å². The molecule has 6 heteroatoms. The van der Waals surface area contributed by atoms with Crippen LogP contribution in [0.2, 0.25) is 5.15 Å². The molecule has 0 unspecified atom stereocenters. The highest BCUT2D eigenvalue weighted by molar-refractivity contribution is 6.30. The zero-order valence-corrected chi connectivity index (χ0v) is 14.1. The quantitative estimate of drug-likeness (QED) is 0.638. The summed E-state index contributed by atoms with van der Waals surface area (Å²) in [6.45, 7) is 1.41. The smallest absolute Gasteiger partial charge is 0.310 e. The number of aromatic nitrogens is 1. The summed E-state index contributed by atoms with van der Waals surface area (Å²) < 4.78 is 10.2. The van der Waals surface area contributed by atoms with E-state index in [1.165, 1.54) is 7.11 Å². The van der Waals surface area contributed by atoms with E-state index in [0.717, 1.165) is 28.8 Å². The molecular weight excluding hydrogens is 316 g/mol. The minimum Gasteiger partial charge on any atom is -0.497 e. The van der Waals surface area contributed by atoms with E-state index in [1.807, 2.05) is 31.3 Å². The molecule has 5 nitrogen and oxygen atoms in total. The first-order valence-electron chi connectivity index (χ1n) is 7.44. The number of pyridine rings is 1. The molecule has 0 aliphatic carbocycles. The normalized spacial score (nSPS) is 21.6. The fourth-order valence-electron chi connectivity index (χ4n) is 3.23. The molecule has 1 aromatic heterocycles. The molecular formula is C17H19ClN2O3. The van der Waals surface area contributed by atoms with Crippen LogP contribution >= 0.6 is 11.6 Å². The number of halogens is 1. The molecule has 2 atom stereocenters. The Kier molecular flexibility index (Phi) is 4.41. The van der Waals surface area contributed by atoms with Gasteiger partial charge in [-0.15, -0.1) is 0 Å². The average Bonchev–Trinajstić information content (AvgIpc) is 2.94. The summed E-state index contributed by atoms with van der Waals surface area (Å²) in [5.74, 6) is 0.297. The van der Waals surface area contributed by atoms with E-state index in [2.05, 4.69) is 9.88 Å². The standard InChI is InChI=1S/C17H19ClN2O3/c1-20-8-13(14(9-20)17(21)23-3)12-6-10-4-5-11(22-2)7-15(10)19-16(12)18/h4-7,13-14H,8-9H2,1-3H3/t13-,14+/m0/s1. The zero-order valence-electron chi connectivity index (χ0n) is 13.4. The van der Waals surface area contributed by atoms with Crippen molar-refractivity contribution in [2.24, 2.45) is 5.92 Å². The summed E-state index contributed by atoms with van der Waals surface area (Å²) in [6, 6.07) is 7.71. The van der Waals surface area contributed by atoms with Crippen LogP contribution in [0.5, 0.6) is 5.75 Å². The number of likely N-dealkylation sites (tertiary alicyclic amines) is 1. The third kappa shape index (κ3) is 2.99. The van der Waals surface area contributed by atoms with E-state index in [4.69, 9.17) is 21.1 Å². The second kappa shape index (κ2) is 6.34. The molecule has 1 aliphatic rings. The molecule has 122 valence electrons. The van der Waals surface area contributed by atoms with Crippen LogP contribution in [-0.4, -0.2) is 50.2 Å². The van der Waals surface area contributed by atoms with Gasteiger partial charge < -0.3 is 14.4 Å². The van der Waals surface area contributed by atoms with Gasteiger partial charge in [0.2, 0.25) is 0 Å². The van der Waals surface area contributed by atoms with Gasteiger partial charge in [-0.3, -0.25) is 4.79 Å². The molecule has 0 bridgehead atoms. The number of esters is 1. The molecule has 0 saturated carbocycles. The third-order valence-electron chi connectivity index (χ3n) is 4.41. The number of methoxy groups -OCH3 is 2. The van der Waals surface area contributed by atoms with Crippen molar-refractivity contribution in [3.05, 3.63) is 35.0 Å². The van der Waals surface area contributed by atoms with E-state index in [0.29, 0.717) is 11.7 Å². The maximum atomic E-state index is 12.1. The Morgan fingerprint density at radius 3 is 2.78 bits per heavy atom. The van der Waals surface area contributed by atoms with Crippen LogP contribution in [0.15, 0.2) is 24.3 Å². The highest BCUT2D eigenvalue weighted by Gasteiger charge is 2.39. The Labute approximate surface area is 140 Å². The van der Waals surface area contributed by atoms with Gasteiger partial charge in [-0.1, -0.05) is 11.6 Å². The van der Waals surface area contributed by atoms with E-state index in [1.54, 1.807) is 7.11 Å². The van der Waals surface area contributed by atoms with Gasteiger partial charge in [-0.2, -0.15) is 0 Å². The number of fused-ring (bicyclic) bond motifs is 1. The largest absolute Gasteiger partial charge is 0.497 e. The highest BCUT2D eigenvalue weighted by atomic mass is 35.5. The Bertz CT molecular complexity index is 750. The number of hydrogen-bond acceptors (Lipinski definition) is 5. The minimum absolute atomic E-state index is 0.0149. The number of benzene rings is 1. The molecule has 1 aliphatic heterocycles. The Balaban J connectivity index is 2.04. The summed E-state index contributed by atoms with van der Waals surface area (Å²) in [4.78, 5) is 18.7. The van der Waals surface area contributed by atoms with Crippen molar-refractivity contribution < 1.29 is 14.3 Å². The first-order chi connectivity index (χ1) is 11.0. The van der Waals surface area contributed by atoms with E-state index < -0.39 is 0 Å². The van der Waals surface area contributed by atoms with E-state index in [9.17, 15) is 4.79 Å². The lowest BCUT2D eigenvalue weighted by Crippen LogP contribution is -2.23. The first kappa shape index (κ1) is 16.0. The number of carbonyl (C=O) groups excluding carboxylic acids is 1. The number of likely N-dealkylation sites (N-methyl/N-ethyl adjacent to an activating group) is 1. The van der Waals surface area contributed by atoms with Crippen molar-refractivity contribution >= 4 is 28.5 Å². The van der Waals surface area contributed by atoms with Crippen molar-refractivity contribution in [2.45, 2.75) is 5.92 Å². The fourth-order valence-corrected chi connectivity index (χ4v) is 3.52. The summed E-state index contributed by atoms with van der Waals surface area (Å²) in [5, 5.41) is 1.41. The van der Waals surface area contributed by atoms with Gasteiger partial charge in [0, 0.05) is 30.5 Å². The van der Waals surface area contributed by atoms with Gasteiger partial charge in [0.15, 0.2) is 0 Å². The van der Waals surface area contributed by atoms with Gasteiger partial charge in [0.25, 0.3) is 0 Å².